The number of hydrazone groups is 1. The van der Waals surface area contributed by atoms with Crippen molar-refractivity contribution in [1.82, 2.24) is 5.01 Å². The number of nitrogens with zero attached hydrogens (tertiary/aromatic N) is 2. The normalized spacial score (nSPS) is 10.5. The van der Waals surface area contributed by atoms with Gasteiger partial charge in [-0.05, 0) is 24.1 Å². The molecule has 0 radical (unpaired) electrons. The highest BCUT2D eigenvalue weighted by atomic mass is 35.5. The van der Waals surface area contributed by atoms with Crippen LogP contribution < -0.4 is 0 Å². The summed E-state index contributed by atoms with van der Waals surface area (Å²) in [5.41, 5.74) is 0.919. The molecule has 1 amide bonds. The summed E-state index contributed by atoms with van der Waals surface area (Å²) < 4.78 is 0. The standard InChI is InChI=1S/C11H13ClN2O/c1-2-7-14(9-15)13-8-10-3-5-11(12)6-4-10/h3-6,8-9H,2,7H2,1H3/b13-8-. The first-order valence-corrected chi connectivity index (χ1v) is 5.15. The molecule has 0 unspecified atom stereocenters. The second kappa shape index (κ2) is 6.19. The monoisotopic (exact) mass is 224 g/mol. The van der Waals surface area contributed by atoms with Gasteiger partial charge in [0.2, 0.25) is 6.41 Å². The van der Waals surface area contributed by atoms with Gasteiger partial charge in [-0.3, -0.25) is 4.79 Å². The SMILES string of the molecule is CCCN(C=O)/N=C\c1ccc(Cl)cc1. The van der Waals surface area contributed by atoms with Crippen LogP contribution in [0, 0.1) is 0 Å². The fraction of sp³-hybridized carbons (Fsp3) is 0.273. The third kappa shape index (κ3) is 4.13. The quantitative estimate of drug-likeness (QED) is 0.430. The first-order chi connectivity index (χ1) is 7.26. The molecule has 0 spiro atoms. The van der Waals surface area contributed by atoms with Gasteiger partial charge in [0.05, 0.1) is 6.21 Å². The molecule has 80 valence electrons. The molecule has 0 aliphatic rings. The highest BCUT2D eigenvalue weighted by molar-refractivity contribution is 6.30. The molecule has 0 aliphatic heterocycles. The Balaban J connectivity index is 2.63. The highest BCUT2D eigenvalue weighted by Gasteiger charge is 1.94. The molecule has 1 aromatic rings. The third-order valence-corrected chi connectivity index (χ3v) is 2.05. The van der Waals surface area contributed by atoms with Gasteiger partial charge in [-0.1, -0.05) is 30.7 Å². The summed E-state index contributed by atoms with van der Waals surface area (Å²) in [6.07, 6.45) is 3.24. The van der Waals surface area contributed by atoms with Gasteiger partial charge in [0, 0.05) is 11.6 Å². The average Bonchev–Trinajstić information content (AvgIpc) is 2.26. The number of halogens is 1. The second-order valence-electron chi connectivity index (χ2n) is 3.06. The molecule has 0 aliphatic carbocycles. The fourth-order valence-corrected chi connectivity index (χ4v) is 1.18. The minimum atomic E-state index is 0.633. The number of amides is 1. The Morgan fingerprint density at radius 2 is 2.07 bits per heavy atom. The molecular formula is C11H13ClN2O. The minimum absolute atomic E-state index is 0.633. The van der Waals surface area contributed by atoms with Gasteiger partial charge in [0.25, 0.3) is 0 Å². The first kappa shape index (κ1) is 11.7. The van der Waals surface area contributed by atoms with Crippen molar-refractivity contribution in [3.05, 3.63) is 34.9 Å². The van der Waals surface area contributed by atoms with Gasteiger partial charge in [0.15, 0.2) is 0 Å². The highest BCUT2D eigenvalue weighted by Crippen LogP contribution is 2.07. The molecule has 1 aromatic carbocycles. The predicted molar refractivity (Wildman–Crippen MR) is 62.1 cm³/mol. The van der Waals surface area contributed by atoms with E-state index in [0.717, 1.165) is 18.4 Å². The molecule has 4 heteroatoms. The van der Waals surface area contributed by atoms with Crippen LogP contribution in [0.4, 0.5) is 0 Å². The van der Waals surface area contributed by atoms with Crippen LogP contribution in [-0.4, -0.2) is 24.2 Å². The van der Waals surface area contributed by atoms with Crippen LogP contribution in [0.15, 0.2) is 29.4 Å². The summed E-state index contributed by atoms with van der Waals surface area (Å²) in [7, 11) is 0. The van der Waals surface area contributed by atoms with Crippen LogP contribution in [0.5, 0.6) is 0 Å². The van der Waals surface area contributed by atoms with Crippen molar-refractivity contribution >= 4 is 24.2 Å². The topological polar surface area (TPSA) is 32.7 Å². The largest absolute Gasteiger partial charge is 0.277 e. The fourth-order valence-electron chi connectivity index (χ4n) is 1.06. The van der Waals surface area contributed by atoms with Crippen LogP contribution >= 0.6 is 11.6 Å². The van der Waals surface area contributed by atoms with Gasteiger partial charge in [-0.25, -0.2) is 5.01 Å². The van der Waals surface area contributed by atoms with E-state index in [0.29, 0.717) is 11.6 Å². The number of rotatable bonds is 5. The minimum Gasteiger partial charge on any atom is -0.277 e. The maximum absolute atomic E-state index is 10.6. The molecule has 0 aromatic heterocycles. The molecule has 0 N–H and O–H groups in total. The van der Waals surface area contributed by atoms with E-state index >= 15 is 0 Å². The summed E-state index contributed by atoms with van der Waals surface area (Å²) in [6.45, 7) is 2.63. The van der Waals surface area contributed by atoms with Crippen LogP contribution in [0.1, 0.15) is 18.9 Å². The van der Waals surface area contributed by atoms with E-state index in [1.807, 2.05) is 19.1 Å². The van der Waals surface area contributed by atoms with E-state index in [1.54, 1.807) is 18.3 Å². The lowest BCUT2D eigenvalue weighted by Crippen LogP contribution is -2.15. The number of benzene rings is 1. The second-order valence-corrected chi connectivity index (χ2v) is 3.50. The van der Waals surface area contributed by atoms with Crippen molar-refractivity contribution in [2.75, 3.05) is 6.54 Å². The van der Waals surface area contributed by atoms with Crippen molar-refractivity contribution in [2.45, 2.75) is 13.3 Å². The molecule has 0 heterocycles. The zero-order valence-electron chi connectivity index (χ0n) is 8.56. The molecule has 0 saturated heterocycles. The van der Waals surface area contributed by atoms with Crippen molar-refractivity contribution in [2.24, 2.45) is 5.10 Å². The summed E-state index contributed by atoms with van der Waals surface area (Å²) in [5.74, 6) is 0. The van der Waals surface area contributed by atoms with Gasteiger partial charge in [-0.15, -0.1) is 0 Å². The molecule has 0 fully saturated rings. The lowest BCUT2D eigenvalue weighted by Gasteiger charge is -2.07. The first-order valence-electron chi connectivity index (χ1n) is 4.77. The van der Waals surface area contributed by atoms with Gasteiger partial charge < -0.3 is 0 Å². The van der Waals surface area contributed by atoms with E-state index in [9.17, 15) is 4.79 Å². The Morgan fingerprint density at radius 1 is 1.40 bits per heavy atom. The Morgan fingerprint density at radius 3 is 2.60 bits per heavy atom. The van der Waals surface area contributed by atoms with E-state index < -0.39 is 0 Å². The lowest BCUT2D eigenvalue weighted by molar-refractivity contribution is -0.118. The number of carbonyl (C=O) groups is 1. The van der Waals surface area contributed by atoms with E-state index in [4.69, 9.17) is 11.6 Å². The summed E-state index contributed by atoms with van der Waals surface area (Å²) >= 11 is 5.74. The molecule has 15 heavy (non-hydrogen) atoms. The summed E-state index contributed by atoms with van der Waals surface area (Å²) in [6, 6.07) is 7.27. The molecule has 3 nitrogen and oxygen atoms in total. The number of hydrogen-bond donors (Lipinski definition) is 0. The van der Waals surface area contributed by atoms with Gasteiger partial charge in [0.1, 0.15) is 0 Å². The van der Waals surface area contributed by atoms with Crippen molar-refractivity contribution < 1.29 is 4.79 Å². The predicted octanol–water partition coefficient (Wildman–Crippen LogP) is 2.54. The van der Waals surface area contributed by atoms with Crippen molar-refractivity contribution in [1.29, 1.82) is 0 Å². The third-order valence-electron chi connectivity index (χ3n) is 1.80. The smallest absolute Gasteiger partial charge is 0.229 e. The molecule has 0 atom stereocenters. The molecule has 1 rings (SSSR count). The number of carbonyl (C=O) groups excluding carboxylic acids is 1. The molecule has 0 saturated carbocycles. The zero-order chi connectivity index (χ0) is 11.1. The Hall–Kier alpha value is -1.35. The summed E-state index contributed by atoms with van der Waals surface area (Å²) in [5, 5.41) is 6.09. The van der Waals surface area contributed by atoms with E-state index in [2.05, 4.69) is 5.10 Å². The Kier molecular flexibility index (Phi) is 4.84. The van der Waals surface area contributed by atoms with Gasteiger partial charge >= 0.3 is 0 Å². The average molecular weight is 225 g/mol. The van der Waals surface area contributed by atoms with Crippen LogP contribution in [0.2, 0.25) is 5.02 Å². The Bertz CT molecular complexity index is 335. The molecular weight excluding hydrogens is 212 g/mol. The van der Waals surface area contributed by atoms with Crippen LogP contribution in [-0.2, 0) is 4.79 Å². The Labute approximate surface area is 94.3 Å². The van der Waals surface area contributed by atoms with E-state index in [1.165, 1.54) is 5.01 Å². The van der Waals surface area contributed by atoms with Crippen LogP contribution in [0.25, 0.3) is 0 Å². The van der Waals surface area contributed by atoms with E-state index in [-0.39, 0.29) is 0 Å². The van der Waals surface area contributed by atoms with Crippen LogP contribution in [0.3, 0.4) is 0 Å². The lowest BCUT2D eigenvalue weighted by atomic mass is 10.2. The summed E-state index contributed by atoms with van der Waals surface area (Å²) in [4.78, 5) is 10.6. The maximum Gasteiger partial charge on any atom is 0.229 e. The van der Waals surface area contributed by atoms with Gasteiger partial charge in [-0.2, -0.15) is 5.10 Å². The maximum atomic E-state index is 10.6. The van der Waals surface area contributed by atoms with Crippen molar-refractivity contribution in [3.8, 4) is 0 Å². The number of hydrogen-bond acceptors (Lipinski definition) is 2. The molecule has 0 bridgehead atoms. The van der Waals surface area contributed by atoms with Crippen molar-refractivity contribution in [3.63, 3.8) is 0 Å². The zero-order valence-corrected chi connectivity index (χ0v) is 9.31.